The lowest BCUT2D eigenvalue weighted by atomic mass is 10.3. The molecule has 0 N–H and O–H groups in total. The minimum Gasteiger partial charge on any atom is -0.432 e. The second-order valence-corrected chi connectivity index (χ2v) is 3.74. The van der Waals surface area contributed by atoms with Crippen molar-refractivity contribution in [1.82, 2.24) is 9.97 Å². The maximum Gasteiger partial charge on any atom is 0.297 e. The second kappa shape index (κ2) is 4.99. The van der Waals surface area contributed by atoms with E-state index in [1.54, 1.807) is 12.5 Å². The Morgan fingerprint density at radius 1 is 1.50 bits per heavy atom. The van der Waals surface area contributed by atoms with Crippen LogP contribution in [0.5, 0.6) is 0 Å². The first kappa shape index (κ1) is 11.0. The fourth-order valence-corrected chi connectivity index (χ4v) is 1.49. The summed E-state index contributed by atoms with van der Waals surface area (Å²) in [7, 11) is 1.91. The number of hydrogen-bond donors (Lipinski definition) is 0. The van der Waals surface area contributed by atoms with E-state index in [9.17, 15) is 0 Å². The summed E-state index contributed by atoms with van der Waals surface area (Å²) in [6.45, 7) is 0.704. The molecule has 0 amide bonds. The van der Waals surface area contributed by atoms with Gasteiger partial charge in [-0.05, 0) is 11.6 Å². The maximum atomic E-state index is 5.65. The summed E-state index contributed by atoms with van der Waals surface area (Å²) in [4.78, 5) is 10.2. The van der Waals surface area contributed by atoms with Crippen LogP contribution in [0.4, 0.5) is 6.01 Å². The molecule has 2 aromatic heterocycles. The van der Waals surface area contributed by atoms with E-state index in [2.05, 4.69) is 9.97 Å². The number of anilines is 1. The molecule has 0 aliphatic heterocycles. The number of alkyl halides is 1. The van der Waals surface area contributed by atoms with Crippen LogP contribution < -0.4 is 4.90 Å². The lowest BCUT2D eigenvalue weighted by molar-refractivity contribution is 0.544. The van der Waals surface area contributed by atoms with Gasteiger partial charge < -0.3 is 9.32 Å². The SMILES string of the molecule is CN(Cc1cccnc1)c1nc(CCl)co1. The molecule has 0 bridgehead atoms. The standard InChI is InChI=1S/C11H12ClN3O/c1-15(7-9-3-2-4-13-6-9)11-14-10(5-12)8-16-11/h2-4,6,8H,5,7H2,1H3. The molecule has 0 fully saturated rings. The van der Waals surface area contributed by atoms with Crippen LogP contribution in [0.15, 0.2) is 35.2 Å². The Morgan fingerprint density at radius 3 is 3.00 bits per heavy atom. The van der Waals surface area contributed by atoms with Crippen LogP contribution in [0.1, 0.15) is 11.3 Å². The van der Waals surface area contributed by atoms with E-state index < -0.39 is 0 Å². The summed E-state index contributed by atoms with van der Waals surface area (Å²) in [5, 5.41) is 0. The molecule has 84 valence electrons. The summed E-state index contributed by atoms with van der Waals surface area (Å²) >= 11 is 5.65. The first-order valence-corrected chi connectivity index (χ1v) is 5.43. The average Bonchev–Trinajstić information content (AvgIpc) is 2.79. The Morgan fingerprint density at radius 2 is 2.38 bits per heavy atom. The molecule has 0 aromatic carbocycles. The van der Waals surface area contributed by atoms with E-state index in [-0.39, 0.29) is 0 Å². The van der Waals surface area contributed by atoms with Crippen molar-refractivity contribution in [2.75, 3.05) is 11.9 Å². The van der Waals surface area contributed by atoms with E-state index in [1.807, 2.05) is 30.3 Å². The minimum atomic E-state index is 0.365. The Balaban J connectivity index is 2.05. The summed E-state index contributed by atoms with van der Waals surface area (Å²) in [6.07, 6.45) is 5.14. The van der Waals surface area contributed by atoms with Crippen molar-refractivity contribution < 1.29 is 4.42 Å². The largest absolute Gasteiger partial charge is 0.432 e. The van der Waals surface area contributed by atoms with Gasteiger partial charge in [-0.25, -0.2) is 0 Å². The summed E-state index contributed by atoms with van der Waals surface area (Å²) < 4.78 is 5.30. The van der Waals surface area contributed by atoms with Gasteiger partial charge in [-0.2, -0.15) is 4.98 Å². The first-order chi connectivity index (χ1) is 7.79. The van der Waals surface area contributed by atoms with Gasteiger partial charge in [0.1, 0.15) is 6.26 Å². The van der Waals surface area contributed by atoms with Crippen LogP contribution >= 0.6 is 11.6 Å². The number of oxazole rings is 1. The van der Waals surface area contributed by atoms with Crippen LogP contribution in [-0.4, -0.2) is 17.0 Å². The normalized spacial score (nSPS) is 10.4. The second-order valence-electron chi connectivity index (χ2n) is 3.47. The molecule has 16 heavy (non-hydrogen) atoms. The van der Waals surface area contributed by atoms with Gasteiger partial charge in [0.2, 0.25) is 0 Å². The minimum absolute atomic E-state index is 0.365. The monoisotopic (exact) mass is 237 g/mol. The van der Waals surface area contributed by atoms with Gasteiger partial charge in [-0.15, -0.1) is 11.6 Å². The molecular weight excluding hydrogens is 226 g/mol. The van der Waals surface area contributed by atoms with Gasteiger partial charge in [0, 0.05) is 26.0 Å². The molecule has 0 radical (unpaired) electrons. The molecule has 4 nitrogen and oxygen atoms in total. The molecular formula is C11H12ClN3O. The molecule has 0 unspecified atom stereocenters. The smallest absolute Gasteiger partial charge is 0.297 e. The van der Waals surface area contributed by atoms with Crippen LogP contribution in [0, 0.1) is 0 Å². The molecule has 0 saturated carbocycles. The van der Waals surface area contributed by atoms with Gasteiger partial charge in [0.05, 0.1) is 11.6 Å². The highest BCUT2D eigenvalue weighted by molar-refractivity contribution is 6.16. The maximum absolute atomic E-state index is 5.65. The average molecular weight is 238 g/mol. The van der Waals surface area contributed by atoms with Gasteiger partial charge in [-0.1, -0.05) is 6.07 Å². The van der Waals surface area contributed by atoms with Crippen LogP contribution in [-0.2, 0) is 12.4 Å². The number of rotatable bonds is 4. The highest BCUT2D eigenvalue weighted by atomic mass is 35.5. The molecule has 0 aliphatic rings. The summed E-state index contributed by atoms with van der Waals surface area (Å²) in [5.74, 6) is 0.365. The predicted octanol–water partition coefficient (Wildman–Crippen LogP) is 2.44. The molecule has 5 heteroatoms. The number of hydrogen-bond acceptors (Lipinski definition) is 4. The van der Waals surface area contributed by atoms with Crippen molar-refractivity contribution in [2.24, 2.45) is 0 Å². The number of nitrogens with zero attached hydrogens (tertiary/aromatic N) is 3. The highest BCUT2D eigenvalue weighted by Crippen LogP contribution is 2.15. The van der Waals surface area contributed by atoms with E-state index in [0.717, 1.165) is 11.3 Å². The predicted molar refractivity (Wildman–Crippen MR) is 62.4 cm³/mol. The Hall–Kier alpha value is -1.55. The van der Waals surface area contributed by atoms with Crippen LogP contribution in [0.3, 0.4) is 0 Å². The Kier molecular flexibility index (Phi) is 3.41. The number of halogens is 1. The van der Waals surface area contributed by atoms with E-state index in [0.29, 0.717) is 18.4 Å². The van der Waals surface area contributed by atoms with Crippen molar-refractivity contribution in [3.63, 3.8) is 0 Å². The lowest BCUT2D eigenvalue weighted by Gasteiger charge is -2.13. The number of aromatic nitrogens is 2. The summed E-state index contributed by atoms with van der Waals surface area (Å²) in [5.41, 5.74) is 1.85. The quantitative estimate of drug-likeness (QED) is 0.766. The molecule has 0 saturated heterocycles. The van der Waals surface area contributed by atoms with Gasteiger partial charge >= 0.3 is 0 Å². The third-order valence-electron chi connectivity index (χ3n) is 2.15. The van der Waals surface area contributed by atoms with Crippen LogP contribution in [0.25, 0.3) is 0 Å². The van der Waals surface area contributed by atoms with Gasteiger partial charge in [0.25, 0.3) is 6.01 Å². The van der Waals surface area contributed by atoms with Gasteiger partial charge in [0.15, 0.2) is 0 Å². The molecule has 2 heterocycles. The van der Waals surface area contributed by atoms with Crippen molar-refractivity contribution in [3.8, 4) is 0 Å². The van der Waals surface area contributed by atoms with Crippen molar-refractivity contribution in [3.05, 3.63) is 42.0 Å². The van der Waals surface area contributed by atoms with E-state index >= 15 is 0 Å². The first-order valence-electron chi connectivity index (χ1n) is 4.90. The zero-order valence-electron chi connectivity index (χ0n) is 8.93. The molecule has 0 aliphatic carbocycles. The zero-order valence-corrected chi connectivity index (χ0v) is 9.68. The fraction of sp³-hybridized carbons (Fsp3) is 0.273. The van der Waals surface area contributed by atoms with Gasteiger partial charge in [-0.3, -0.25) is 4.98 Å². The van der Waals surface area contributed by atoms with Crippen molar-refractivity contribution in [1.29, 1.82) is 0 Å². The van der Waals surface area contributed by atoms with E-state index in [4.69, 9.17) is 16.0 Å². The third-order valence-corrected chi connectivity index (χ3v) is 2.42. The Labute approximate surface area is 98.9 Å². The number of pyridine rings is 1. The van der Waals surface area contributed by atoms with E-state index in [1.165, 1.54) is 0 Å². The van der Waals surface area contributed by atoms with Crippen molar-refractivity contribution >= 4 is 17.6 Å². The Bertz CT molecular complexity index is 444. The summed E-state index contributed by atoms with van der Waals surface area (Å²) in [6, 6.07) is 4.48. The lowest BCUT2D eigenvalue weighted by Crippen LogP contribution is -2.16. The molecule has 0 atom stereocenters. The highest BCUT2D eigenvalue weighted by Gasteiger charge is 2.08. The fourth-order valence-electron chi connectivity index (χ4n) is 1.37. The molecule has 0 spiro atoms. The molecule has 2 rings (SSSR count). The molecule has 2 aromatic rings. The van der Waals surface area contributed by atoms with Crippen LogP contribution in [0.2, 0.25) is 0 Å². The zero-order chi connectivity index (χ0) is 11.4. The van der Waals surface area contributed by atoms with Crippen molar-refractivity contribution in [2.45, 2.75) is 12.4 Å². The topological polar surface area (TPSA) is 42.2 Å². The third kappa shape index (κ3) is 2.52.